The van der Waals surface area contributed by atoms with Crippen LogP contribution < -0.4 is 11.1 Å². The van der Waals surface area contributed by atoms with E-state index in [0.29, 0.717) is 19.8 Å². The molecule has 2 aliphatic rings. The van der Waals surface area contributed by atoms with Gasteiger partial charge in [0.25, 0.3) is 0 Å². The molecule has 1 heterocycles. The summed E-state index contributed by atoms with van der Waals surface area (Å²) in [6.45, 7) is 2.07. The molecule has 0 aromatic heterocycles. The van der Waals surface area contributed by atoms with Gasteiger partial charge in [-0.2, -0.15) is 0 Å². The lowest BCUT2D eigenvalue weighted by Crippen LogP contribution is -2.52. The minimum atomic E-state index is -0.154. The lowest BCUT2D eigenvalue weighted by atomic mass is 9.82. The third kappa shape index (κ3) is 3.68. The molecule has 4 nitrogen and oxygen atoms in total. The number of carbonyl (C=O) groups is 1. The summed E-state index contributed by atoms with van der Waals surface area (Å²) in [7, 11) is 0. The molecule has 1 saturated heterocycles. The van der Waals surface area contributed by atoms with Gasteiger partial charge in [0.15, 0.2) is 0 Å². The quantitative estimate of drug-likeness (QED) is 0.779. The zero-order valence-electron chi connectivity index (χ0n) is 10.5. The summed E-state index contributed by atoms with van der Waals surface area (Å²) in [5.41, 5.74) is 6.14. The van der Waals surface area contributed by atoms with Crippen molar-refractivity contribution >= 4 is 5.91 Å². The van der Waals surface area contributed by atoms with Gasteiger partial charge in [-0.1, -0.05) is 19.3 Å². The van der Waals surface area contributed by atoms with Crippen molar-refractivity contribution in [3.8, 4) is 0 Å². The minimum Gasteiger partial charge on any atom is -0.381 e. The van der Waals surface area contributed by atoms with E-state index in [9.17, 15) is 4.79 Å². The molecule has 0 radical (unpaired) electrons. The van der Waals surface area contributed by atoms with E-state index in [1.807, 2.05) is 0 Å². The van der Waals surface area contributed by atoms with Gasteiger partial charge in [0.2, 0.25) is 5.91 Å². The van der Waals surface area contributed by atoms with Crippen LogP contribution in [-0.2, 0) is 9.53 Å². The van der Waals surface area contributed by atoms with E-state index in [1.54, 1.807) is 0 Å². The zero-order chi connectivity index (χ0) is 12.1. The van der Waals surface area contributed by atoms with Gasteiger partial charge in [0.1, 0.15) is 0 Å². The summed E-state index contributed by atoms with van der Waals surface area (Å²) < 4.78 is 5.26. The van der Waals surface area contributed by atoms with E-state index in [1.165, 1.54) is 19.3 Å². The molecule has 0 aromatic carbocycles. The van der Waals surface area contributed by atoms with Crippen LogP contribution in [0.25, 0.3) is 0 Å². The normalized spacial score (nSPS) is 25.5. The van der Waals surface area contributed by atoms with Gasteiger partial charge in [-0.25, -0.2) is 0 Å². The Balaban J connectivity index is 1.74. The van der Waals surface area contributed by atoms with Gasteiger partial charge < -0.3 is 15.8 Å². The van der Waals surface area contributed by atoms with Gasteiger partial charge in [-0.15, -0.1) is 0 Å². The van der Waals surface area contributed by atoms with Crippen LogP contribution in [0.3, 0.4) is 0 Å². The molecular weight excluding hydrogens is 216 g/mol. The number of hydrogen-bond donors (Lipinski definition) is 2. The number of amides is 1. The van der Waals surface area contributed by atoms with Crippen LogP contribution in [0.5, 0.6) is 0 Å². The van der Waals surface area contributed by atoms with Crippen LogP contribution in [0.1, 0.15) is 44.9 Å². The summed E-state index contributed by atoms with van der Waals surface area (Å²) in [5, 5.41) is 3.04. The summed E-state index contributed by atoms with van der Waals surface area (Å²) >= 11 is 0. The molecular formula is C13H24N2O2. The topological polar surface area (TPSA) is 64.3 Å². The fourth-order valence-electron chi connectivity index (χ4n) is 2.80. The lowest BCUT2D eigenvalue weighted by Gasteiger charge is -2.34. The first-order chi connectivity index (χ1) is 8.20. The largest absolute Gasteiger partial charge is 0.381 e. The zero-order valence-corrected chi connectivity index (χ0v) is 10.5. The van der Waals surface area contributed by atoms with Crippen molar-refractivity contribution in [3.05, 3.63) is 0 Å². The summed E-state index contributed by atoms with van der Waals surface area (Å²) in [4.78, 5) is 12.0. The van der Waals surface area contributed by atoms with Gasteiger partial charge >= 0.3 is 0 Å². The van der Waals surface area contributed by atoms with E-state index in [2.05, 4.69) is 5.32 Å². The molecule has 17 heavy (non-hydrogen) atoms. The van der Waals surface area contributed by atoms with Crippen molar-refractivity contribution < 1.29 is 9.53 Å². The monoisotopic (exact) mass is 240 g/mol. The lowest BCUT2D eigenvalue weighted by molar-refractivity contribution is -0.128. The van der Waals surface area contributed by atoms with Crippen molar-refractivity contribution in [2.24, 2.45) is 11.7 Å². The average molecular weight is 240 g/mol. The predicted molar refractivity (Wildman–Crippen MR) is 66.6 cm³/mol. The Labute approximate surface area is 103 Å². The van der Waals surface area contributed by atoms with Crippen LogP contribution in [0.4, 0.5) is 0 Å². The molecule has 0 bridgehead atoms. The second-order valence-electron chi connectivity index (χ2n) is 5.53. The number of nitrogens with one attached hydrogen (secondary N) is 1. The Morgan fingerprint density at radius 3 is 2.53 bits per heavy atom. The minimum absolute atomic E-state index is 0.135. The highest BCUT2D eigenvalue weighted by molar-refractivity contribution is 5.78. The smallest absolute Gasteiger partial charge is 0.223 e. The number of carbonyl (C=O) groups excluding carboxylic acids is 1. The number of nitrogens with two attached hydrogens (primary N) is 1. The molecule has 0 unspecified atom stereocenters. The van der Waals surface area contributed by atoms with E-state index in [0.717, 1.165) is 25.7 Å². The molecule has 0 aromatic rings. The Morgan fingerprint density at radius 1 is 1.24 bits per heavy atom. The summed E-state index contributed by atoms with van der Waals surface area (Å²) in [5.74, 6) is 0.305. The maximum Gasteiger partial charge on any atom is 0.223 e. The Hall–Kier alpha value is -0.610. The second-order valence-corrected chi connectivity index (χ2v) is 5.53. The molecule has 4 heteroatoms. The van der Waals surface area contributed by atoms with Gasteiger partial charge in [0.05, 0.1) is 0 Å². The van der Waals surface area contributed by atoms with Gasteiger partial charge in [-0.3, -0.25) is 4.79 Å². The van der Waals surface area contributed by atoms with Crippen molar-refractivity contribution in [2.45, 2.75) is 50.5 Å². The van der Waals surface area contributed by atoms with Crippen LogP contribution >= 0.6 is 0 Å². The summed E-state index contributed by atoms with van der Waals surface area (Å²) in [6.07, 6.45) is 7.47. The van der Waals surface area contributed by atoms with Crippen molar-refractivity contribution in [1.82, 2.24) is 5.32 Å². The highest BCUT2D eigenvalue weighted by Crippen LogP contribution is 2.25. The second kappa shape index (κ2) is 5.83. The van der Waals surface area contributed by atoms with Crippen LogP contribution in [0, 0.1) is 5.92 Å². The third-order valence-electron chi connectivity index (χ3n) is 4.06. The predicted octanol–water partition coefficient (Wildman–Crippen LogP) is 1.19. The first-order valence-electron chi connectivity index (χ1n) is 6.84. The molecule has 2 rings (SSSR count). The van der Waals surface area contributed by atoms with E-state index >= 15 is 0 Å². The van der Waals surface area contributed by atoms with Crippen LogP contribution in [0.2, 0.25) is 0 Å². The molecule has 1 saturated carbocycles. The van der Waals surface area contributed by atoms with Crippen molar-refractivity contribution in [2.75, 3.05) is 19.8 Å². The highest BCUT2D eigenvalue weighted by Gasteiger charge is 2.29. The molecule has 1 amide bonds. The maximum atomic E-state index is 12.0. The van der Waals surface area contributed by atoms with Crippen LogP contribution in [-0.4, -0.2) is 31.2 Å². The third-order valence-corrected chi connectivity index (χ3v) is 4.06. The fraction of sp³-hybridized carbons (Fsp3) is 0.923. The first kappa shape index (κ1) is 12.8. The van der Waals surface area contributed by atoms with Crippen molar-refractivity contribution in [3.63, 3.8) is 0 Å². The Morgan fingerprint density at radius 2 is 1.88 bits per heavy atom. The van der Waals surface area contributed by atoms with Gasteiger partial charge in [0, 0.05) is 31.2 Å². The summed E-state index contributed by atoms with van der Waals surface area (Å²) in [6, 6.07) is 0. The highest BCUT2D eigenvalue weighted by atomic mass is 16.5. The molecule has 0 spiro atoms. The number of rotatable bonds is 3. The fourth-order valence-corrected chi connectivity index (χ4v) is 2.80. The first-order valence-corrected chi connectivity index (χ1v) is 6.84. The molecule has 2 fully saturated rings. The average Bonchev–Trinajstić information content (AvgIpc) is 2.38. The molecule has 0 atom stereocenters. The van der Waals surface area contributed by atoms with Crippen molar-refractivity contribution in [1.29, 1.82) is 0 Å². The van der Waals surface area contributed by atoms with Crippen LogP contribution in [0.15, 0.2) is 0 Å². The molecule has 1 aliphatic heterocycles. The maximum absolute atomic E-state index is 12.0. The number of hydrogen-bond acceptors (Lipinski definition) is 3. The van der Waals surface area contributed by atoms with Gasteiger partial charge in [-0.05, 0) is 25.7 Å². The van der Waals surface area contributed by atoms with E-state index in [-0.39, 0.29) is 17.4 Å². The van der Waals surface area contributed by atoms with E-state index < -0.39 is 0 Å². The van der Waals surface area contributed by atoms with E-state index in [4.69, 9.17) is 10.5 Å². The Kier molecular flexibility index (Phi) is 4.40. The molecule has 1 aliphatic carbocycles. The standard InChI is InChI=1S/C13H24N2O2/c14-13(6-2-1-3-7-13)10-15-12(16)11-4-8-17-9-5-11/h11H,1-10,14H2,(H,15,16). The Bertz CT molecular complexity index is 256. The number of ether oxygens (including phenoxy) is 1. The molecule has 98 valence electrons. The molecule has 3 N–H and O–H groups in total. The SMILES string of the molecule is NC1(CNC(=O)C2CCOCC2)CCCCC1.